The van der Waals surface area contributed by atoms with Crippen LogP contribution in [0.15, 0.2) is 24.3 Å². The van der Waals surface area contributed by atoms with E-state index < -0.39 is 0 Å². The highest BCUT2D eigenvalue weighted by Gasteiger charge is 2.19. The van der Waals surface area contributed by atoms with Crippen LogP contribution in [0.2, 0.25) is 0 Å². The molecular formula is C16H24N4. The Balaban J connectivity index is 1.85. The summed E-state index contributed by atoms with van der Waals surface area (Å²) in [6.07, 6.45) is 0. The van der Waals surface area contributed by atoms with Crippen molar-refractivity contribution in [3.05, 3.63) is 29.8 Å². The highest BCUT2D eigenvalue weighted by Crippen LogP contribution is 2.17. The zero-order chi connectivity index (χ0) is 14.4. The fourth-order valence-electron chi connectivity index (χ4n) is 2.67. The molecule has 0 radical (unpaired) electrons. The Morgan fingerprint density at radius 3 is 2.65 bits per heavy atom. The normalized spacial score (nSPS) is 17.8. The zero-order valence-corrected chi connectivity index (χ0v) is 12.5. The quantitative estimate of drug-likeness (QED) is 0.884. The second-order valence-electron chi connectivity index (χ2n) is 5.37. The molecule has 0 bridgehead atoms. The van der Waals surface area contributed by atoms with Crippen molar-refractivity contribution < 1.29 is 0 Å². The smallest absolute Gasteiger partial charge is 0.108 e. The number of anilines is 1. The molecule has 1 aromatic rings. The van der Waals surface area contributed by atoms with Crippen molar-refractivity contribution in [3.8, 4) is 6.07 Å². The summed E-state index contributed by atoms with van der Waals surface area (Å²) in [4.78, 5) is 4.81. The first-order valence-electron chi connectivity index (χ1n) is 7.40. The second-order valence-corrected chi connectivity index (χ2v) is 5.37. The lowest BCUT2D eigenvalue weighted by molar-refractivity contribution is 0.244. The Bertz CT molecular complexity index is 458. The standard InChI is InChI=1S/C16H24N4/c1-3-18-15(12-17)13-19-7-9-20(10-8-19)16-6-4-5-14(2)11-16/h4-6,11,15,18H,3,7-10,13H2,1-2H3. The Morgan fingerprint density at radius 1 is 1.30 bits per heavy atom. The molecule has 1 saturated heterocycles. The fourth-order valence-corrected chi connectivity index (χ4v) is 2.67. The van der Waals surface area contributed by atoms with Crippen molar-refractivity contribution in [3.63, 3.8) is 0 Å². The van der Waals surface area contributed by atoms with Crippen LogP contribution in [0.25, 0.3) is 0 Å². The minimum absolute atomic E-state index is 0.0504. The average molecular weight is 272 g/mol. The zero-order valence-electron chi connectivity index (χ0n) is 12.5. The molecule has 1 aromatic carbocycles. The largest absolute Gasteiger partial charge is 0.369 e. The van der Waals surface area contributed by atoms with Crippen LogP contribution < -0.4 is 10.2 Å². The predicted octanol–water partition coefficient (Wildman–Crippen LogP) is 1.62. The lowest BCUT2D eigenvalue weighted by Gasteiger charge is -2.37. The van der Waals surface area contributed by atoms with Crippen LogP contribution in [-0.2, 0) is 0 Å². The molecule has 4 nitrogen and oxygen atoms in total. The third-order valence-electron chi connectivity index (χ3n) is 3.79. The van der Waals surface area contributed by atoms with Crippen LogP contribution in [0.3, 0.4) is 0 Å². The van der Waals surface area contributed by atoms with Crippen LogP contribution >= 0.6 is 0 Å². The maximum absolute atomic E-state index is 9.10. The molecule has 0 aliphatic carbocycles. The number of nitriles is 1. The Hall–Kier alpha value is -1.57. The Kier molecular flexibility index (Phi) is 5.40. The van der Waals surface area contributed by atoms with Crippen LogP contribution in [0.4, 0.5) is 5.69 Å². The topological polar surface area (TPSA) is 42.3 Å². The SMILES string of the molecule is CCNC(C#N)CN1CCN(c2cccc(C)c2)CC1. The van der Waals surface area contributed by atoms with Gasteiger partial charge >= 0.3 is 0 Å². The van der Waals surface area contributed by atoms with E-state index in [1.54, 1.807) is 0 Å². The van der Waals surface area contributed by atoms with Gasteiger partial charge in [0.05, 0.1) is 6.07 Å². The third-order valence-corrected chi connectivity index (χ3v) is 3.79. The minimum atomic E-state index is -0.0504. The first-order valence-corrected chi connectivity index (χ1v) is 7.40. The van der Waals surface area contributed by atoms with Gasteiger partial charge in [0, 0.05) is 38.4 Å². The fraction of sp³-hybridized carbons (Fsp3) is 0.562. The van der Waals surface area contributed by atoms with E-state index in [0.717, 1.165) is 39.3 Å². The summed E-state index contributed by atoms with van der Waals surface area (Å²) < 4.78 is 0. The Labute approximate surface area is 122 Å². The van der Waals surface area contributed by atoms with E-state index in [9.17, 15) is 0 Å². The molecule has 0 saturated carbocycles. The van der Waals surface area contributed by atoms with Gasteiger partial charge in [0.25, 0.3) is 0 Å². The van der Waals surface area contributed by atoms with Gasteiger partial charge in [-0.25, -0.2) is 0 Å². The maximum atomic E-state index is 9.10. The van der Waals surface area contributed by atoms with Crippen molar-refractivity contribution in [2.45, 2.75) is 19.9 Å². The number of rotatable bonds is 5. The molecule has 108 valence electrons. The summed E-state index contributed by atoms with van der Waals surface area (Å²) in [5.41, 5.74) is 2.62. The van der Waals surface area contributed by atoms with Crippen molar-refractivity contribution in [2.24, 2.45) is 0 Å². The van der Waals surface area contributed by atoms with Crippen LogP contribution in [0, 0.1) is 18.3 Å². The molecule has 20 heavy (non-hydrogen) atoms. The molecule has 4 heteroatoms. The number of likely N-dealkylation sites (N-methyl/N-ethyl adjacent to an activating group) is 1. The molecule has 1 aliphatic heterocycles. The number of benzene rings is 1. The van der Waals surface area contributed by atoms with E-state index in [0.29, 0.717) is 0 Å². The second kappa shape index (κ2) is 7.28. The van der Waals surface area contributed by atoms with Gasteiger partial charge in [0.1, 0.15) is 6.04 Å². The van der Waals surface area contributed by atoms with Gasteiger partial charge in [-0.2, -0.15) is 5.26 Å². The lowest BCUT2D eigenvalue weighted by Crippen LogP contribution is -2.50. The summed E-state index contributed by atoms with van der Waals surface area (Å²) in [6, 6.07) is 11.0. The molecule has 1 fully saturated rings. The van der Waals surface area contributed by atoms with Gasteiger partial charge in [0.15, 0.2) is 0 Å². The Morgan fingerprint density at radius 2 is 2.05 bits per heavy atom. The number of hydrogen-bond donors (Lipinski definition) is 1. The maximum Gasteiger partial charge on any atom is 0.108 e. The molecule has 1 unspecified atom stereocenters. The van der Waals surface area contributed by atoms with Gasteiger partial charge in [-0.3, -0.25) is 4.90 Å². The van der Waals surface area contributed by atoms with Gasteiger partial charge in [0.2, 0.25) is 0 Å². The molecular weight excluding hydrogens is 248 g/mol. The van der Waals surface area contributed by atoms with Crippen molar-refractivity contribution in [2.75, 3.05) is 44.2 Å². The number of piperazine rings is 1. The van der Waals surface area contributed by atoms with Crippen molar-refractivity contribution in [1.29, 1.82) is 5.26 Å². The number of aryl methyl sites for hydroxylation is 1. The van der Waals surface area contributed by atoms with E-state index >= 15 is 0 Å². The number of nitrogens with zero attached hydrogens (tertiary/aromatic N) is 3. The van der Waals surface area contributed by atoms with Crippen LogP contribution in [0.5, 0.6) is 0 Å². The van der Waals surface area contributed by atoms with E-state index in [4.69, 9.17) is 5.26 Å². The highest BCUT2D eigenvalue weighted by molar-refractivity contribution is 5.48. The van der Waals surface area contributed by atoms with E-state index in [1.807, 2.05) is 6.92 Å². The molecule has 0 spiro atoms. The van der Waals surface area contributed by atoms with Crippen LogP contribution in [-0.4, -0.2) is 50.2 Å². The van der Waals surface area contributed by atoms with Gasteiger partial charge in [-0.05, 0) is 31.2 Å². The highest BCUT2D eigenvalue weighted by atomic mass is 15.3. The number of nitrogens with one attached hydrogen (secondary N) is 1. The van der Waals surface area contributed by atoms with E-state index in [-0.39, 0.29) is 6.04 Å². The molecule has 0 amide bonds. The molecule has 0 aromatic heterocycles. The molecule has 1 N–H and O–H groups in total. The monoisotopic (exact) mass is 272 g/mol. The lowest BCUT2D eigenvalue weighted by atomic mass is 10.2. The summed E-state index contributed by atoms with van der Waals surface area (Å²) in [5.74, 6) is 0. The minimum Gasteiger partial charge on any atom is -0.369 e. The van der Waals surface area contributed by atoms with Crippen molar-refractivity contribution >= 4 is 5.69 Å². The van der Waals surface area contributed by atoms with Gasteiger partial charge in [-0.15, -0.1) is 0 Å². The van der Waals surface area contributed by atoms with Crippen LogP contribution in [0.1, 0.15) is 12.5 Å². The first-order chi connectivity index (χ1) is 9.72. The molecule has 1 heterocycles. The third kappa shape index (κ3) is 3.96. The molecule has 1 atom stereocenters. The first kappa shape index (κ1) is 14.8. The molecule has 1 aliphatic rings. The number of hydrogen-bond acceptors (Lipinski definition) is 4. The van der Waals surface area contributed by atoms with Gasteiger partial charge < -0.3 is 10.2 Å². The summed E-state index contributed by atoms with van der Waals surface area (Å²) in [7, 11) is 0. The summed E-state index contributed by atoms with van der Waals surface area (Å²) >= 11 is 0. The summed E-state index contributed by atoms with van der Waals surface area (Å²) in [6.45, 7) is 9.97. The predicted molar refractivity (Wildman–Crippen MR) is 82.9 cm³/mol. The summed E-state index contributed by atoms with van der Waals surface area (Å²) in [5, 5.41) is 12.3. The van der Waals surface area contributed by atoms with E-state index in [2.05, 4.69) is 52.4 Å². The molecule has 2 rings (SSSR count). The van der Waals surface area contributed by atoms with Gasteiger partial charge in [-0.1, -0.05) is 19.1 Å². The van der Waals surface area contributed by atoms with Crippen molar-refractivity contribution in [1.82, 2.24) is 10.2 Å². The average Bonchev–Trinajstić information content (AvgIpc) is 2.47. The van der Waals surface area contributed by atoms with E-state index in [1.165, 1.54) is 11.3 Å².